The fraction of sp³-hybridized carbons (Fsp3) is 0.300. The SMILES string of the molecule is CON(C)C(=O)Nc1cc[c]c(C)c1. The van der Waals surface area contributed by atoms with Crippen molar-refractivity contribution in [2.45, 2.75) is 6.92 Å². The lowest BCUT2D eigenvalue weighted by Crippen LogP contribution is -2.30. The van der Waals surface area contributed by atoms with Crippen molar-refractivity contribution in [1.82, 2.24) is 5.06 Å². The van der Waals surface area contributed by atoms with Gasteiger partial charge in [0, 0.05) is 12.7 Å². The van der Waals surface area contributed by atoms with Gasteiger partial charge in [-0.2, -0.15) is 0 Å². The number of anilines is 1. The molecule has 75 valence electrons. The Bertz CT molecular complexity index is 326. The maximum absolute atomic E-state index is 11.3. The van der Waals surface area contributed by atoms with E-state index >= 15 is 0 Å². The second-order valence-corrected chi connectivity index (χ2v) is 2.87. The van der Waals surface area contributed by atoms with Gasteiger partial charge in [0.2, 0.25) is 0 Å². The number of nitrogens with one attached hydrogen (secondary N) is 1. The lowest BCUT2D eigenvalue weighted by atomic mass is 10.2. The Labute approximate surface area is 83.4 Å². The number of hydroxylamine groups is 2. The zero-order valence-corrected chi connectivity index (χ0v) is 8.50. The van der Waals surface area contributed by atoms with E-state index in [4.69, 9.17) is 4.84 Å². The average Bonchev–Trinajstić information content (AvgIpc) is 2.16. The number of carbonyl (C=O) groups excluding carboxylic acids is 1. The molecule has 1 aromatic carbocycles. The first-order chi connectivity index (χ1) is 6.63. The van der Waals surface area contributed by atoms with Gasteiger partial charge in [0.15, 0.2) is 0 Å². The number of urea groups is 1. The average molecular weight is 193 g/mol. The molecular formula is C10H13N2O2. The maximum Gasteiger partial charge on any atom is 0.345 e. The third-order valence-electron chi connectivity index (χ3n) is 1.76. The zero-order chi connectivity index (χ0) is 10.6. The minimum Gasteiger partial charge on any atom is -0.306 e. The topological polar surface area (TPSA) is 41.6 Å². The van der Waals surface area contributed by atoms with Gasteiger partial charge in [-0.3, -0.25) is 4.84 Å². The van der Waals surface area contributed by atoms with Gasteiger partial charge < -0.3 is 5.32 Å². The quantitative estimate of drug-likeness (QED) is 0.728. The normalized spacial score (nSPS) is 9.64. The molecule has 14 heavy (non-hydrogen) atoms. The van der Waals surface area contributed by atoms with Gasteiger partial charge in [-0.15, -0.1) is 0 Å². The standard InChI is InChI=1S/C10H13N2O2/c1-8-5-4-6-9(7-8)11-10(13)12(2)14-3/h4,6-7H,1-3H3,(H,11,13). The number of nitrogens with zero attached hydrogens (tertiary/aromatic N) is 1. The molecule has 0 fully saturated rings. The summed E-state index contributed by atoms with van der Waals surface area (Å²) in [5.74, 6) is 0. The van der Waals surface area contributed by atoms with E-state index in [0.717, 1.165) is 16.3 Å². The van der Waals surface area contributed by atoms with E-state index < -0.39 is 0 Å². The van der Waals surface area contributed by atoms with Crippen LogP contribution in [0.4, 0.5) is 10.5 Å². The Kier molecular flexibility index (Phi) is 3.48. The lowest BCUT2D eigenvalue weighted by Gasteiger charge is -2.14. The number of amides is 2. The molecule has 4 nitrogen and oxygen atoms in total. The van der Waals surface area contributed by atoms with E-state index in [0.29, 0.717) is 0 Å². The lowest BCUT2D eigenvalue weighted by molar-refractivity contribution is -0.0598. The van der Waals surface area contributed by atoms with Crippen molar-refractivity contribution in [3.05, 3.63) is 29.8 Å². The highest BCUT2D eigenvalue weighted by atomic mass is 16.7. The molecule has 0 saturated carbocycles. The van der Waals surface area contributed by atoms with Crippen LogP contribution in [-0.4, -0.2) is 25.3 Å². The predicted octanol–water partition coefficient (Wildman–Crippen LogP) is 1.82. The molecule has 0 aromatic heterocycles. The molecule has 0 spiro atoms. The summed E-state index contributed by atoms with van der Waals surface area (Å²) < 4.78 is 0. The number of hydrogen-bond acceptors (Lipinski definition) is 2. The Balaban J connectivity index is 2.65. The highest BCUT2D eigenvalue weighted by molar-refractivity contribution is 5.88. The molecule has 0 aliphatic rings. The van der Waals surface area contributed by atoms with Gasteiger partial charge in [0.25, 0.3) is 0 Å². The van der Waals surface area contributed by atoms with Crippen molar-refractivity contribution in [3.63, 3.8) is 0 Å². The highest BCUT2D eigenvalue weighted by Gasteiger charge is 2.06. The monoisotopic (exact) mass is 193 g/mol. The van der Waals surface area contributed by atoms with Crippen LogP contribution in [0.5, 0.6) is 0 Å². The van der Waals surface area contributed by atoms with Crippen molar-refractivity contribution in [1.29, 1.82) is 0 Å². The molecule has 0 bridgehead atoms. The molecule has 1 rings (SSSR count). The Hall–Kier alpha value is -1.55. The van der Waals surface area contributed by atoms with Gasteiger partial charge in [-0.25, -0.2) is 9.86 Å². The summed E-state index contributed by atoms with van der Waals surface area (Å²) in [5, 5.41) is 3.79. The second-order valence-electron chi connectivity index (χ2n) is 2.87. The molecule has 1 aromatic rings. The van der Waals surface area contributed by atoms with Crippen LogP contribution >= 0.6 is 0 Å². The second kappa shape index (κ2) is 4.62. The van der Waals surface area contributed by atoms with E-state index in [9.17, 15) is 4.79 Å². The van der Waals surface area contributed by atoms with Crippen LogP contribution in [0.25, 0.3) is 0 Å². The molecular weight excluding hydrogens is 180 g/mol. The fourth-order valence-electron chi connectivity index (χ4n) is 0.949. The zero-order valence-electron chi connectivity index (χ0n) is 8.50. The third kappa shape index (κ3) is 2.74. The highest BCUT2D eigenvalue weighted by Crippen LogP contribution is 2.09. The molecule has 1 radical (unpaired) electrons. The Morgan fingerprint density at radius 2 is 2.36 bits per heavy atom. The van der Waals surface area contributed by atoms with Crippen LogP contribution in [0.15, 0.2) is 18.2 Å². The van der Waals surface area contributed by atoms with Crippen molar-refractivity contribution in [3.8, 4) is 0 Å². The first-order valence-electron chi connectivity index (χ1n) is 4.20. The van der Waals surface area contributed by atoms with Gasteiger partial charge in [-0.05, 0) is 30.7 Å². The van der Waals surface area contributed by atoms with Gasteiger partial charge in [0.1, 0.15) is 0 Å². The van der Waals surface area contributed by atoms with Crippen LogP contribution < -0.4 is 5.32 Å². The summed E-state index contributed by atoms with van der Waals surface area (Å²) in [5.41, 5.74) is 1.71. The number of aryl methyl sites for hydroxylation is 1. The van der Waals surface area contributed by atoms with Gasteiger partial charge in [-0.1, -0.05) is 6.07 Å². The Morgan fingerprint density at radius 3 is 2.93 bits per heavy atom. The molecule has 0 aliphatic carbocycles. The molecule has 4 heteroatoms. The molecule has 1 N–H and O–H groups in total. The van der Waals surface area contributed by atoms with Crippen LogP contribution in [0, 0.1) is 13.0 Å². The van der Waals surface area contributed by atoms with Crippen molar-refractivity contribution < 1.29 is 9.63 Å². The molecule has 0 aliphatic heterocycles. The summed E-state index contributed by atoms with van der Waals surface area (Å²) in [4.78, 5) is 16.1. The number of carbonyl (C=O) groups is 1. The van der Waals surface area contributed by atoms with E-state index in [-0.39, 0.29) is 6.03 Å². The van der Waals surface area contributed by atoms with Crippen LogP contribution in [0.1, 0.15) is 5.56 Å². The molecule has 0 heterocycles. The summed E-state index contributed by atoms with van der Waals surface area (Å²) in [6.07, 6.45) is 0. The minimum atomic E-state index is -0.307. The largest absolute Gasteiger partial charge is 0.345 e. The van der Waals surface area contributed by atoms with Gasteiger partial charge >= 0.3 is 6.03 Å². The van der Waals surface area contributed by atoms with Crippen LogP contribution in [0.2, 0.25) is 0 Å². The summed E-state index contributed by atoms with van der Waals surface area (Å²) in [6, 6.07) is 8.05. The van der Waals surface area contributed by atoms with E-state index in [1.165, 1.54) is 14.2 Å². The third-order valence-corrected chi connectivity index (χ3v) is 1.76. The summed E-state index contributed by atoms with van der Waals surface area (Å²) >= 11 is 0. The first kappa shape index (κ1) is 10.5. The number of rotatable bonds is 2. The van der Waals surface area contributed by atoms with Crippen molar-refractivity contribution >= 4 is 11.7 Å². The van der Waals surface area contributed by atoms with Gasteiger partial charge in [0.05, 0.1) is 7.11 Å². The molecule has 0 atom stereocenters. The molecule has 0 unspecified atom stereocenters. The van der Waals surface area contributed by atoms with Crippen molar-refractivity contribution in [2.75, 3.05) is 19.5 Å². The van der Waals surface area contributed by atoms with E-state index in [2.05, 4.69) is 11.4 Å². The smallest absolute Gasteiger partial charge is 0.306 e. The van der Waals surface area contributed by atoms with Crippen LogP contribution in [0.3, 0.4) is 0 Å². The molecule has 0 saturated heterocycles. The Morgan fingerprint density at radius 1 is 1.64 bits per heavy atom. The molecule has 2 amide bonds. The predicted molar refractivity (Wildman–Crippen MR) is 53.8 cm³/mol. The van der Waals surface area contributed by atoms with E-state index in [1.807, 2.05) is 13.0 Å². The van der Waals surface area contributed by atoms with Crippen molar-refractivity contribution in [2.24, 2.45) is 0 Å². The summed E-state index contributed by atoms with van der Waals surface area (Å²) in [7, 11) is 2.97. The maximum atomic E-state index is 11.3. The van der Waals surface area contributed by atoms with E-state index in [1.54, 1.807) is 12.1 Å². The first-order valence-corrected chi connectivity index (χ1v) is 4.20. The van der Waals surface area contributed by atoms with Crippen LogP contribution in [-0.2, 0) is 4.84 Å². The minimum absolute atomic E-state index is 0.307. The fourth-order valence-corrected chi connectivity index (χ4v) is 0.949. The summed E-state index contributed by atoms with van der Waals surface area (Å²) in [6.45, 7) is 1.91. The number of benzene rings is 1. The number of hydrogen-bond donors (Lipinski definition) is 1.